The zero-order chi connectivity index (χ0) is 16.6. The standard InChI is InChI=1S/C18H27BrO3/c1-18(2,3)14-10-7-8-11-15(14)22-16(17(20)21)12-6-4-5-9-13-19/h7-8,10-11,16H,4-6,9,12-13H2,1-3H3,(H,20,21). The number of benzene rings is 1. The van der Waals surface area contributed by atoms with Gasteiger partial charge in [-0.15, -0.1) is 0 Å². The number of hydrogen-bond acceptors (Lipinski definition) is 2. The molecule has 22 heavy (non-hydrogen) atoms. The summed E-state index contributed by atoms with van der Waals surface area (Å²) in [6.45, 7) is 6.31. The van der Waals surface area contributed by atoms with Crippen LogP contribution >= 0.6 is 15.9 Å². The summed E-state index contributed by atoms with van der Waals surface area (Å²) in [5, 5.41) is 10.4. The van der Waals surface area contributed by atoms with Gasteiger partial charge in [0.25, 0.3) is 0 Å². The molecule has 0 bridgehead atoms. The zero-order valence-electron chi connectivity index (χ0n) is 13.8. The molecule has 1 atom stereocenters. The van der Waals surface area contributed by atoms with Gasteiger partial charge in [0, 0.05) is 5.33 Å². The molecule has 1 aromatic rings. The minimum absolute atomic E-state index is 0.0739. The van der Waals surface area contributed by atoms with Crippen molar-refractivity contribution in [3.05, 3.63) is 29.8 Å². The van der Waals surface area contributed by atoms with Crippen molar-refractivity contribution in [2.24, 2.45) is 0 Å². The third-order valence-corrected chi connectivity index (χ3v) is 4.15. The van der Waals surface area contributed by atoms with Crippen molar-refractivity contribution in [1.82, 2.24) is 0 Å². The van der Waals surface area contributed by atoms with Gasteiger partial charge in [-0.1, -0.05) is 67.7 Å². The van der Waals surface area contributed by atoms with Crippen molar-refractivity contribution >= 4 is 21.9 Å². The topological polar surface area (TPSA) is 46.5 Å². The fourth-order valence-corrected chi connectivity index (χ4v) is 2.75. The van der Waals surface area contributed by atoms with E-state index in [4.69, 9.17) is 4.74 Å². The fourth-order valence-electron chi connectivity index (χ4n) is 2.35. The van der Waals surface area contributed by atoms with E-state index in [9.17, 15) is 9.90 Å². The first-order valence-corrected chi connectivity index (χ1v) is 9.03. The molecule has 0 aliphatic heterocycles. The molecule has 0 saturated heterocycles. The molecule has 124 valence electrons. The third-order valence-electron chi connectivity index (χ3n) is 3.59. The highest BCUT2D eigenvalue weighted by molar-refractivity contribution is 9.09. The predicted octanol–water partition coefficient (Wildman–Crippen LogP) is 5.16. The minimum Gasteiger partial charge on any atom is -0.479 e. The van der Waals surface area contributed by atoms with E-state index in [2.05, 4.69) is 36.7 Å². The van der Waals surface area contributed by atoms with Crippen LogP contribution in [0.25, 0.3) is 0 Å². The maximum atomic E-state index is 11.5. The summed E-state index contributed by atoms with van der Waals surface area (Å²) < 4.78 is 5.83. The lowest BCUT2D eigenvalue weighted by Gasteiger charge is -2.24. The van der Waals surface area contributed by atoms with Crippen molar-refractivity contribution in [3.63, 3.8) is 0 Å². The zero-order valence-corrected chi connectivity index (χ0v) is 15.4. The molecule has 1 N–H and O–H groups in total. The van der Waals surface area contributed by atoms with Gasteiger partial charge in [0.05, 0.1) is 0 Å². The van der Waals surface area contributed by atoms with Crippen LogP contribution in [0.5, 0.6) is 5.75 Å². The summed E-state index contributed by atoms with van der Waals surface area (Å²) in [5.41, 5.74) is 0.968. The normalized spacial score (nSPS) is 12.9. The molecule has 0 radical (unpaired) electrons. The summed E-state index contributed by atoms with van der Waals surface area (Å²) >= 11 is 3.41. The quantitative estimate of drug-likeness (QED) is 0.482. The smallest absolute Gasteiger partial charge is 0.344 e. The van der Waals surface area contributed by atoms with Gasteiger partial charge in [0.2, 0.25) is 0 Å². The minimum atomic E-state index is -0.885. The van der Waals surface area contributed by atoms with Crippen LogP contribution in [0.3, 0.4) is 0 Å². The molecule has 0 fully saturated rings. The summed E-state index contributed by atoms with van der Waals surface area (Å²) in [7, 11) is 0. The maximum absolute atomic E-state index is 11.5. The van der Waals surface area contributed by atoms with Gasteiger partial charge >= 0.3 is 5.97 Å². The lowest BCUT2D eigenvalue weighted by molar-refractivity contribution is -0.145. The first kappa shape index (κ1) is 19.0. The van der Waals surface area contributed by atoms with E-state index in [1.165, 1.54) is 0 Å². The van der Waals surface area contributed by atoms with Gasteiger partial charge in [-0.2, -0.15) is 0 Å². The Bertz CT molecular complexity index is 466. The Hall–Kier alpha value is -1.03. The van der Waals surface area contributed by atoms with Crippen molar-refractivity contribution in [2.75, 3.05) is 5.33 Å². The average Bonchev–Trinajstić information content (AvgIpc) is 2.45. The summed E-state index contributed by atoms with van der Waals surface area (Å²) in [6, 6.07) is 7.72. The Morgan fingerprint density at radius 2 is 1.82 bits per heavy atom. The molecule has 0 saturated carbocycles. The number of halogens is 1. The van der Waals surface area contributed by atoms with Crippen molar-refractivity contribution in [1.29, 1.82) is 0 Å². The number of carboxylic acid groups (broad SMARTS) is 1. The molecule has 0 aliphatic rings. The molecular formula is C18H27BrO3. The van der Waals surface area contributed by atoms with Crippen LogP contribution in [0.2, 0.25) is 0 Å². The number of para-hydroxylation sites is 1. The van der Waals surface area contributed by atoms with E-state index in [0.717, 1.165) is 36.6 Å². The lowest BCUT2D eigenvalue weighted by atomic mass is 9.86. The number of carbonyl (C=O) groups is 1. The van der Waals surface area contributed by atoms with Gasteiger partial charge in [-0.05, 0) is 36.3 Å². The largest absolute Gasteiger partial charge is 0.479 e. The van der Waals surface area contributed by atoms with Gasteiger partial charge < -0.3 is 9.84 Å². The second kappa shape index (κ2) is 9.19. The molecule has 4 heteroatoms. The SMILES string of the molecule is CC(C)(C)c1ccccc1OC(CCCCCCBr)C(=O)O. The molecule has 1 rings (SSSR count). The molecule has 1 aromatic carbocycles. The monoisotopic (exact) mass is 370 g/mol. The van der Waals surface area contributed by atoms with E-state index in [0.29, 0.717) is 12.2 Å². The van der Waals surface area contributed by atoms with Gasteiger partial charge in [0.15, 0.2) is 6.10 Å². The van der Waals surface area contributed by atoms with Crippen molar-refractivity contribution < 1.29 is 14.6 Å². The van der Waals surface area contributed by atoms with E-state index in [1.54, 1.807) is 0 Å². The summed E-state index contributed by atoms with van der Waals surface area (Å²) in [5.74, 6) is -0.202. The second-order valence-electron chi connectivity index (χ2n) is 6.58. The Kier molecular flexibility index (Phi) is 7.94. The second-order valence-corrected chi connectivity index (χ2v) is 7.38. The highest BCUT2D eigenvalue weighted by Crippen LogP contribution is 2.32. The van der Waals surface area contributed by atoms with Crippen LogP contribution in [0.4, 0.5) is 0 Å². The van der Waals surface area contributed by atoms with Gasteiger partial charge in [0.1, 0.15) is 5.75 Å². The number of ether oxygens (including phenoxy) is 1. The van der Waals surface area contributed by atoms with Crippen molar-refractivity contribution in [2.45, 2.75) is 64.4 Å². The molecule has 3 nitrogen and oxygen atoms in total. The first-order chi connectivity index (χ1) is 10.4. The Labute approximate surface area is 142 Å². The Morgan fingerprint density at radius 1 is 1.18 bits per heavy atom. The van der Waals surface area contributed by atoms with E-state index in [-0.39, 0.29) is 5.41 Å². The van der Waals surface area contributed by atoms with E-state index < -0.39 is 12.1 Å². The molecule has 0 aromatic heterocycles. The van der Waals surface area contributed by atoms with Crippen LogP contribution in [-0.4, -0.2) is 22.5 Å². The number of aliphatic carboxylic acids is 1. The molecule has 0 aliphatic carbocycles. The van der Waals surface area contributed by atoms with Crippen molar-refractivity contribution in [3.8, 4) is 5.75 Å². The number of carboxylic acids is 1. The Balaban J connectivity index is 2.70. The summed E-state index contributed by atoms with van der Waals surface area (Å²) in [6.07, 6.45) is 3.95. The van der Waals surface area contributed by atoms with Gasteiger partial charge in [-0.25, -0.2) is 4.79 Å². The van der Waals surface area contributed by atoms with E-state index in [1.807, 2.05) is 24.3 Å². The number of hydrogen-bond donors (Lipinski definition) is 1. The Morgan fingerprint density at radius 3 is 2.41 bits per heavy atom. The predicted molar refractivity (Wildman–Crippen MR) is 94.1 cm³/mol. The van der Waals surface area contributed by atoms with Crippen LogP contribution in [-0.2, 0) is 10.2 Å². The molecule has 0 spiro atoms. The molecule has 1 unspecified atom stereocenters. The highest BCUT2D eigenvalue weighted by atomic mass is 79.9. The fraction of sp³-hybridized carbons (Fsp3) is 0.611. The number of unbranched alkanes of at least 4 members (excludes halogenated alkanes) is 3. The molecule has 0 amide bonds. The van der Waals surface area contributed by atoms with Crippen LogP contribution < -0.4 is 4.74 Å². The summed E-state index contributed by atoms with van der Waals surface area (Å²) in [4.78, 5) is 11.5. The van der Waals surface area contributed by atoms with Crippen LogP contribution in [0.1, 0.15) is 58.4 Å². The van der Waals surface area contributed by atoms with Crippen LogP contribution in [0, 0.1) is 0 Å². The first-order valence-electron chi connectivity index (χ1n) is 7.91. The highest BCUT2D eigenvalue weighted by Gasteiger charge is 2.24. The number of rotatable bonds is 9. The number of alkyl halides is 1. The lowest BCUT2D eigenvalue weighted by Crippen LogP contribution is -2.28. The van der Waals surface area contributed by atoms with Gasteiger partial charge in [-0.3, -0.25) is 0 Å². The van der Waals surface area contributed by atoms with E-state index >= 15 is 0 Å². The average molecular weight is 371 g/mol. The molecule has 0 heterocycles. The maximum Gasteiger partial charge on any atom is 0.344 e. The molecular weight excluding hydrogens is 344 g/mol. The third kappa shape index (κ3) is 6.39. The van der Waals surface area contributed by atoms with Crippen LogP contribution in [0.15, 0.2) is 24.3 Å².